The van der Waals surface area contributed by atoms with E-state index in [0.717, 1.165) is 13.0 Å². The molecular weight excluding hydrogens is 194 g/mol. The summed E-state index contributed by atoms with van der Waals surface area (Å²) in [5.41, 5.74) is 0. The third-order valence-electron chi connectivity index (χ3n) is 2.12. The Morgan fingerprint density at radius 3 is 2.64 bits per heavy atom. The van der Waals surface area contributed by atoms with Crippen molar-refractivity contribution in [2.24, 2.45) is 0 Å². The number of aryl methyl sites for hydroxylation is 1. The minimum atomic E-state index is -0.220. The molecule has 80 valence electrons. The minimum Gasteiger partial charge on any atom is -0.393 e. The van der Waals surface area contributed by atoms with Gasteiger partial charge >= 0.3 is 0 Å². The van der Waals surface area contributed by atoms with Crippen LogP contribution in [0.1, 0.15) is 30.0 Å². The Morgan fingerprint density at radius 1 is 1.43 bits per heavy atom. The highest BCUT2D eigenvalue weighted by molar-refractivity contribution is 7.11. The summed E-state index contributed by atoms with van der Waals surface area (Å²) in [6.45, 7) is 6.96. The van der Waals surface area contributed by atoms with Crippen molar-refractivity contribution in [3.63, 3.8) is 0 Å². The molecule has 0 aromatic carbocycles. The first-order chi connectivity index (χ1) is 6.58. The van der Waals surface area contributed by atoms with Gasteiger partial charge in [0.2, 0.25) is 0 Å². The topological polar surface area (TPSA) is 32.3 Å². The van der Waals surface area contributed by atoms with Crippen LogP contribution in [0.2, 0.25) is 0 Å². The lowest BCUT2D eigenvalue weighted by molar-refractivity contribution is 0.170. The summed E-state index contributed by atoms with van der Waals surface area (Å²) >= 11 is 1.82. The van der Waals surface area contributed by atoms with Gasteiger partial charge in [0.05, 0.1) is 6.10 Å². The van der Waals surface area contributed by atoms with Crippen molar-refractivity contribution in [3.8, 4) is 0 Å². The Hall–Kier alpha value is -0.380. The van der Waals surface area contributed by atoms with Crippen LogP contribution in [-0.4, -0.2) is 17.3 Å². The smallest absolute Gasteiger partial charge is 0.0526 e. The first-order valence-corrected chi connectivity index (χ1v) is 5.86. The Balaban J connectivity index is 2.26. The molecule has 2 N–H and O–H groups in total. The first-order valence-electron chi connectivity index (χ1n) is 5.04. The van der Waals surface area contributed by atoms with E-state index in [0.29, 0.717) is 6.04 Å². The normalized spacial score (nSPS) is 15.4. The average molecular weight is 213 g/mol. The molecule has 1 aromatic heterocycles. The fourth-order valence-corrected chi connectivity index (χ4v) is 2.29. The van der Waals surface area contributed by atoms with E-state index in [4.69, 9.17) is 0 Å². The van der Waals surface area contributed by atoms with Gasteiger partial charge in [-0.25, -0.2) is 0 Å². The molecule has 1 heterocycles. The van der Waals surface area contributed by atoms with E-state index < -0.39 is 0 Å². The van der Waals surface area contributed by atoms with Crippen LogP contribution in [-0.2, 0) is 6.54 Å². The van der Waals surface area contributed by atoms with Gasteiger partial charge in [0.1, 0.15) is 0 Å². The van der Waals surface area contributed by atoms with Crippen molar-refractivity contribution in [2.45, 2.75) is 45.9 Å². The van der Waals surface area contributed by atoms with Gasteiger partial charge in [-0.2, -0.15) is 0 Å². The summed E-state index contributed by atoms with van der Waals surface area (Å²) in [7, 11) is 0. The van der Waals surface area contributed by atoms with Crippen LogP contribution >= 0.6 is 11.3 Å². The Morgan fingerprint density at radius 2 is 2.14 bits per heavy atom. The second-order valence-electron chi connectivity index (χ2n) is 3.88. The van der Waals surface area contributed by atoms with E-state index in [1.807, 2.05) is 18.3 Å². The molecule has 0 saturated carbocycles. The largest absolute Gasteiger partial charge is 0.393 e. The lowest BCUT2D eigenvalue weighted by atomic mass is 10.1. The summed E-state index contributed by atoms with van der Waals surface area (Å²) in [5.74, 6) is 0. The molecular formula is C11H19NOS. The standard InChI is InChI=1S/C11H19NOS/c1-8(6-9(2)13)12-7-11-5-4-10(3)14-11/h4-5,8-9,12-13H,6-7H2,1-3H3/t8-,9-/m0/s1. The quantitative estimate of drug-likeness (QED) is 0.786. The maximum absolute atomic E-state index is 9.19. The maximum atomic E-state index is 9.19. The van der Waals surface area contributed by atoms with Gasteiger partial charge in [-0.1, -0.05) is 0 Å². The Bertz CT molecular complexity index is 270. The lowest BCUT2D eigenvalue weighted by Crippen LogP contribution is -2.28. The van der Waals surface area contributed by atoms with Crippen LogP contribution in [0.25, 0.3) is 0 Å². The number of hydrogen-bond acceptors (Lipinski definition) is 3. The predicted molar refractivity (Wildman–Crippen MR) is 61.7 cm³/mol. The van der Waals surface area contributed by atoms with Crippen molar-refractivity contribution in [3.05, 3.63) is 21.9 Å². The average Bonchev–Trinajstić information content (AvgIpc) is 2.47. The number of rotatable bonds is 5. The molecule has 0 amide bonds. The highest BCUT2D eigenvalue weighted by Gasteiger charge is 2.05. The molecule has 1 aromatic rings. The highest BCUT2D eigenvalue weighted by atomic mass is 32.1. The summed E-state index contributed by atoms with van der Waals surface area (Å²) in [5, 5.41) is 12.6. The second kappa shape index (κ2) is 5.49. The molecule has 0 fully saturated rings. The third kappa shape index (κ3) is 4.22. The van der Waals surface area contributed by atoms with Gasteiger partial charge in [0.25, 0.3) is 0 Å². The molecule has 1 rings (SSSR count). The van der Waals surface area contributed by atoms with Crippen LogP contribution in [0.4, 0.5) is 0 Å². The van der Waals surface area contributed by atoms with E-state index in [9.17, 15) is 5.11 Å². The first kappa shape index (κ1) is 11.7. The molecule has 2 nitrogen and oxygen atoms in total. The number of aliphatic hydroxyl groups excluding tert-OH is 1. The third-order valence-corrected chi connectivity index (χ3v) is 3.12. The van der Waals surface area contributed by atoms with Crippen molar-refractivity contribution in [2.75, 3.05) is 0 Å². The Labute approximate surface area is 90.0 Å². The van der Waals surface area contributed by atoms with E-state index in [1.54, 1.807) is 0 Å². The van der Waals surface area contributed by atoms with Crippen molar-refractivity contribution in [1.82, 2.24) is 5.32 Å². The molecule has 0 aliphatic rings. The number of aliphatic hydroxyl groups is 1. The van der Waals surface area contributed by atoms with Gasteiger partial charge in [-0.15, -0.1) is 11.3 Å². The fourth-order valence-electron chi connectivity index (χ4n) is 1.45. The molecule has 0 bridgehead atoms. The number of hydrogen-bond donors (Lipinski definition) is 2. The molecule has 0 radical (unpaired) electrons. The molecule has 3 heteroatoms. The predicted octanol–water partition coefficient (Wildman–Crippen LogP) is 2.31. The van der Waals surface area contributed by atoms with E-state index in [1.165, 1.54) is 9.75 Å². The molecule has 0 aliphatic carbocycles. The Kier molecular flexibility index (Phi) is 4.58. The summed E-state index contributed by atoms with van der Waals surface area (Å²) in [6.07, 6.45) is 0.590. The van der Waals surface area contributed by atoms with E-state index in [-0.39, 0.29) is 6.10 Å². The molecule has 0 unspecified atom stereocenters. The van der Waals surface area contributed by atoms with Gasteiger partial charge in [-0.05, 0) is 39.3 Å². The highest BCUT2D eigenvalue weighted by Crippen LogP contribution is 2.14. The van der Waals surface area contributed by atoms with Crippen LogP contribution in [0, 0.1) is 6.92 Å². The zero-order chi connectivity index (χ0) is 10.6. The summed E-state index contributed by atoms with van der Waals surface area (Å²) in [4.78, 5) is 2.71. The number of thiophene rings is 1. The zero-order valence-corrected chi connectivity index (χ0v) is 9.90. The molecule has 2 atom stereocenters. The van der Waals surface area contributed by atoms with Gasteiger partial charge in [0.15, 0.2) is 0 Å². The van der Waals surface area contributed by atoms with E-state index in [2.05, 4.69) is 31.3 Å². The zero-order valence-electron chi connectivity index (χ0n) is 9.08. The number of nitrogens with one attached hydrogen (secondary N) is 1. The summed E-state index contributed by atoms with van der Waals surface area (Å²) < 4.78 is 0. The molecule has 14 heavy (non-hydrogen) atoms. The monoisotopic (exact) mass is 213 g/mol. The maximum Gasteiger partial charge on any atom is 0.0526 e. The fraction of sp³-hybridized carbons (Fsp3) is 0.636. The van der Waals surface area contributed by atoms with E-state index >= 15 is 0 Å². The molecule has 0 spiro atoms. The van der Waals surface area contributed by atoms with Crippen molar-refractivity contribution >= 4 is 11.3 Å². The second-order valence-corrected chi connectivity index (χ2v) is 5.25. The van der Waals surface area contributed by atoms with Crippen LogP contribution in [0.3, 0.4) is 0 Å². The lowest BCUT2D eigenvalue weighted by Gasteiger charge is -2.14. The summed E-state index contributed by atoms with van der Waals surface area (Å²) in [6, 6.07) is 4.67. The van der Waals surface area contributed by atoms with Crippen LogP contribution < -0.4 is 5.32 Å². The SMILES string of the molecule is Cc1ccc(CN[C@@H](C)C[C@H](C)O)s1. The molecule has 0 saturated heterocycles. The van der Waals surface area contributed by atoms with Crippen LogP contribution in [0.5, 0.6) is 0 Å². The van der Waals surface area contributed by atoms with Gasteiger partial charge in [-0.3, -0.25) is 0 Å². The van der Waals surface area contributed by atoms with Gasteiger partial charge < -0.3 is 10.4 Å². The van der Waals surface area contributed by atoms with Crippen LogP contribution in [0.15, 0.2) is 12.1 Å². The van der Waals surface area contributed by atoms with Crippen molar-refractivity contribution < 1.29 is 5.11 Å². The molecule has 0 aliphatic heterocycles. The van der Waals surface area contributed by atoms with Gasteiger partial charge in [0, 0.05) is 22.3 Å². The minimum absolute atomic E-state index is 0.220. The van der Waals surface area contributed by atoms with Crippen molar-refractivity contribution in [1.29, 1.82) is 0 Å².